The Balaban J connectivity index is 2.39. The van der Waals surface area contributed by atoms with Gasteiger partial charge in [0.25, 0.3) is 10.0 Å². The second kappa shape index (κ2) is 6.05. The fraction of sp³-hybridized carbons (Fsp3) is 0.0833. The smallest absolute Gasteiger partial charge is 0.263 e. The van der Waals surface area contributed by atoms with E-state index in [0.29, 0.717) is 0 Å². The van der Waals surface area contributed by atoms with Crippen LogP contribution in [0.1, 0.15) is 0 Å². The van der Waals surface area contributed by atoms with Gasteiger partial charge in [-0.3, -0.25) is 4.72 Å². The average Bonchev–Trinajstić information content (AvgIpc) is 2.43. The molecule has 0 amide bonds. The molecular weight excluding hydrogens is 342 g/mol. The van der Waals surface area contributed by atoms with Gasteiger partial charge in [0, 0.05) is 12.3 Å². The predicted octanol–water partition coefficient (Wildman–Crippen LogP) is 3.34. The summed E-state index contributed by atoms with van der Waals surface area (Å²) in [5.41, 5.74) is 0.0879. The van der Waals surface area contributed by atoms with Gasteiger partial charge in [-0.2, -0.15) is 0 Å². The van der Waals surface area contributed by atoms with E-state index in [1.807, 2.05) is 0 Å². The van der Waals surface area contributed by atoms with E-state index >= 15 is 0 Å². The fourth-order valence-electron chi connectivity index (χ4n) is 1.50. The van der Waals surface area contributed by atoms with E-state index in [1.54, 1.807) is 0 Å². The molecule has 0 fully saturated rings. The van der Waals surface area contributed by atoms with Crippen LogP contribution in [-0.4, -0.2) is 20.5 Å². The molecule has 0 saturated heterocycles. The van der Waals surface area contributed by atoms with Crippen molar-refractivity contribution >= 4 is 38.9 Å². The van der Waals surface area contributed by atoms with Crippen molar-refractivity contribution in [3.8, 4) is 5.75 Å². The minimum Gasteiger partial charge on any atom is -0.494 e. The standard InChI is InChI=1S/C12H9Cl2FN2O3S/c1-20-11-4-7(15)2-3-10(11)17-21(18,19)8-5-9(13)12(14)16-6-8/h2-6,17H,1H3. The average molecular weight is 351 g/mol. The van der Waals surface area contributed by atoms with E-state index in [-0.39, 0.29) is 26.5 Å². The summed E-state index contributed by atoms with van der Waals surface area (Å²) >= 11 is 11.4. The normalized spacial score (nSPS) is 11.2. The van der Waals surface area contributed by atoms with Crippen molar-refractivity contribution < 1.29 is 17.5 Å². The Morgan fingerprint density at radius 3 is 2.62 bits per heavy atom. The number of methoxy groups -OCH3 is 1. The van der Waals surface area contributed by atoms with Gasteiger partial charge in [0.2, 0.25) is 0 Å². The molecule has 0 unspecified atom stereocenters. The Hall–Kier alpha value is -1.57. The van der Waals surface area contributed by atoms with Gasteiger partial charge in [-0.1, -0.05) is 23.2 Å². The minimum absolute atomic E-state index is 0.00465. The first-order chi connectivity index (χ1) is 9.83. The summed E-state index contributed by atoms with van der Waals surface area (Å²) < 4.78 is 44.7. The number of halogens is 3. The zero-order chi connectivity index (χ0) is 15.6. The summed E-state index contributed by atoms with van der Waals surface area (Å²) in [4.78, 5) is 3.49. The number of aromatic nitrogens is 1. The van der Waals surface area contributed by atoms with Gasteiger partial charge in [-0.25, -0.2) is 17.8 Å². The van der Waals surface area contributed by atoms with Crippen molar-refractivity contribution in [3.05, 3.63) is 46.5 Å². The number of benzene rings is 1. The highest BCUT2D eigenvalue weighted by atomic mass is 35.5. The van der Waals surface area contributed by atoms with Crippen molar-refractivity contribution in [1.82, 2.24) is 4.98 Å². The Morgan fingerprint density at radius 1 is 1.29 bits per heavy atom. The largest absolute Gasteiger partial charge is 0.494 e. The maximum absolute atomic E-state index is 13.1. The molecule has 0 spiro atoms. The number of rotatable bonds is 4. The summed E-state index contributed by atoms with van der Waals surface area (Å²) in [6.07, 6.45) is 1.06. The molecule has 0 bridgehead atoms. The lowest BCUT2D eigenvalue weighted by molar-refractivity contribution is 0.413. The number of ether oxygens (including phenoxy) is 1. The summed E-state index contributed by atoms with van der Waals surface area (Å²) in [6, 6.07) is 4.57. The summed E-state index contributed by atoms with van der Waals surface area (Å²) in [5, 5.41) is 0.000548. The number of sulfonamides is 1. The second-order valence-corrected chi connectivity index (χ2v) is 6.34. The molecule has 0 radical (unpaired) electrons. The Kier molecular flexibility index (Phi) is 4.55. The third kappa shape index (κ3) is 3.55. The van der Waals surface area contributed by atoms with E-state index in [9.17, 15) is 12.8 Å². The highest BCUT2D eigenvalue weighted by Crippen LogP contribution is 2.28. The lowest BCUT2D eigenvalue weighted by Gasteiger charge is -2.12. The minimum atomic E-state index is -3.96. The van der Waals surface area contributed by atoms with Gasteiger partial charge in [0.15, 0.2) is 0 Å². The molecule has 1 N–H and O–H groups in total. The van der Waals surface area contributed by atoms with Crippen LogP contribution in [0.2, 0.25) is 10.2 Å². The number of nitrogens with one attached hydrogen (secondary N) is 1. The van der Waals surface area contributed by atoms with Crippen LogP contribution in [0.4, 0.5) is 10.1 Å². The molecule has 1 heterocycles. The molecule has 112 valence electrons. The zero-order valence-corrected chi connectivity index (χ0v) is 12.9. The maximum atomic E-state index is 13.1. The lowest BCUT2D eigenvalue weighted by Crippen LogP contribution is -2.14. The third-order valence-corrected chi connectivity index (χ3v) is 4.51. The van der Waals surface area contributed by atoms with Crippen LogP contribution in [-0.2, 0) is 10.0 Å². The predicted molar refractivity (Wildman–Crippen MR) is 78.0 cm³/mol. The molecule has 1 aromatic heterocycles. The first kappa shape index (κ1) is 15.8. The number of hydrogen-bond acceptors (Lipinski definition) is 4. The summed E-state index contributed by atoms with van der Waals surface area (Å²) in [5.74, 6) is -0.502. The van der Waals surface area contributed by atoms with E-state index in [0.717, 1.165) is 24.4 Å². The highest BCUT2D eigenvalue weighted by molar-refractivity contribution is 7.92. The fourth-order valence-corrected chi connectivity index (χ4v) is 2.88. The number of anilines is 1. The molecule has 5 nitrogen and oxygen atoms in total. The Labute approximate surface area is 130 Å². The van der Waals surface area contributed by atoms with Crippen LogP contribution in [0.5, 0.6) is 5.75 Å². The molecule has 1 aromatic carbocycles. The van der Waals surface area contributed by atoms with Crippen LogP contribution < -0.4 is 9.46 Å². The van der Waals surface area contributed by atoms with Gasteiger partial charge >= 0.3 is 0 Å². The van der Waals surface area contributed by atoms with Gasteiger partial charge in [0.1, 0.15) is 21.6 Å². The Morgan fingerprint density at radius 2 is 2.00 bits per heavy atom. The van der Waals surface area contributed by atoms with E-state index < -0.39 is 15.8 Å². The van der Waals surface area contributed by atoms with E-state index in [2.05, 4.69) is 9.71 Å². The van der Waals surface area contributed by atoms with Gasteiger partial charge in [-0.05, 0) is 18.2 Å². The first-order valence-corrected chi connectivity index (χ1v) is 7.75. The molecule has 9 heteroatoms. The third-order valence-electron chi connectivity index (χ3n) is 2.49. The summed E-state index contributed by atoms with van der Waals surface area (Å²) in [7, 11) is -2.66. The summed E-state index contributed by atoms with van der Waals surface area (Å²) in [6.45, 7) is 0. The van der Waals surface area contributed by atoms with E-state index in [4.69, 9.17) is 27.9 Å². The van der Waals surface area contributed by atoms with Crippen molar-refractivity contribution in [1.29, 1.82) is 0 Å². The van der Waals surface area contributed by atoms with Gasteiger partial charge in [-0.15, -0.1) is 0 Å². The van der Waals surface area contributed by atoms with Gasteiger partial charge in [0.05, 0.1) is 17.8 Å². The van der Waals surface area contributed by atoms with Crippen LogP contribution in [0.25, 0.3) is 0 Å². The highest BCUT2D eigenvalue weighted by Gasteiger charge is 2.18. The number of nitrogens with zero attached hydrogens (tertiary/aromatic N) is 1. The lowest BCUT2D eigenvalue weighted by atomic mass is 10.3. The molecule has 2 aromatic rings. The Bertz CT molecular complexity index is 784. The molecular formula is C12H9Cl2FN2O3S. The molecule has 0 saturated carbocycles. The molecule has 0 aliphatic rings. The molecule has 2 rings (SSSR count). The monoisotopic (exact) mass is 350 g/mol. The van der Waals surface area contributed by atoms with Crippen molar-refractivity contribution in [2.75, 3.05) is 11.8 Å². The maximum Gasteiger partial charge on any atom is 0.263 e. The molecule has 0 aliphatic carbocycles. The molecule has 21 heavy (non-hydrogen) atoms. The van der Waals surface area contributed by atoms with Gasteiger partial charge < -0.3 is 4.74 Å². The van der Waals surface area contributed by atoms with Crippen molar-refractivity contribution in [2.24, 2.45) is 0 Å². The molecule has 0 aliphatic heterocycles. The first-order valence-electron chi connectivity index (χ1n) is 5.51. The van der Waals surface area contributed by atoms with Crippen LogP contribution in [0, 0.1) is 5.82 Å². The number of pyridine rings is 1. The van der Waals surface area contributed by atoms with Crippen LogP contribution in [0.3, 0.4) is 0 Å². The second-order valence-electron chi connectivity index (χ2n) is 3.89. The van der Waals surface area contributed by atoms with Crippen LogP contribution in [0.15, 0.2) is 35.4 Å². The zero-order valence-electron chi connectivity index (χ0n) is 10.6. The van der Waals surface area contributed by atoms with E-state index in [1.165, 1.54) is 13.2 Å². The van der Waals surface area contributed by atoms with Crippen molar-refractivity contribution in [2.45, 2.75) is 4.90 Å². The van der Waals surface area contributed by atoms with Crippen LogP contribution >= 0.6 is 23.2 Å². The SMILES string of the molecule is COc1cc(F)ccc1NS(=O)(=O)c1cnc(Cl)c(Cl)c1. The van der Waals surface area contributed by atoms with Crippen molar-refractivity contribution in [3.63, 3.8) is 0 Å². The quantitative estimate of drug-likeness (QED) is 0.858. The molecule has 0 atom stereocenters. The topological polar surface area (TPSA) is 68.3 Å². The number of hydrogen-bond donors (Lipinski definition) is 1.